The predicted molar refractivity (Wildman–Crippen MR) is 103 cm³/mol. The molecule has 0 bridgehead atoms. The first-order chi connectivity index (χ1) is 13.4. The SMILES string of the molecule is Cn1ccc(C2=NC(=O)NC(c3ccc(C(=O)O)c(O)c3)C2c2ccsc2)n1. The van der Waals surface area contributed by atoms with Crippen LogP contribution in [0.5, 0.6) is 5.75 Å². The second kappa shape index (κ2) is 6.93. The van der Waals surface area contributed by atoms with E-state index in [1.54, 1.807) is 30.1 Å². The summed E-state index contributed by atoms with van der Waals surface area (Å²) in [5.74, 6) is -1.92. The molecule has 8 nitrogen and oxygen atoms in total. The van der Waals surface area contributed by atoms with E-state index >= 15 is 0 Å². The van der Waals surface area contributed by atoms with Gasteiger partial charge < -0.3 is 15.5 Å². The Balaban J connectivity index is 1.84. The molecule has 0 fully saturated rings. The molecule has 0 radical (unpaired) electrons. The summed E-state index contributed by atoms with van der Waals surface area (Å²) in [5, 5.41) is 30.4. The Labute approximate surface area is 163 Å². The Bertz CT molecular complexity index is 1090. The van der Waals surface area contributed by atoms with Gasteiger partial charge in [0.1, 0.15) is 17.0 Å². The number of hydrogen-bond donors (Lipinski definition) is 3. The van der Waals surface area contributed by atoms with Crippen LogP contribution in [0.1, 0.15) is 39.1 Å². The van der Waals surface area contributed by atoms with Gasteiger partial charge in [0.25, 0.3) is 0 Å². The lowest BCUT2D eigenvalue weighted by Gasteiger charge is -2.31. The molecule has 0 aliphatic carbocycles. The summed E-state index contributed by atoms with van der Waals surface area (Å²) in [7, 11) is 1.78. The van der Waals surface area contributed by atoms with Crippen LogP contribution in [0.4, 0.5) is 4.79 Å². The second-order valence-electron chi connectivity index (χ2n) is 6.41. The fourth-order valence-electron chi connectivity index (χ4n) is 3.35. The van der Waals surface area contributed by atoms with Gasteiger partial charge in [0.15, 0.2) is 0 Å². The van der Waals surface area contributed by atoms with E-state index in [-0.39, 0.29) is 17.2 Å². The van der Waals surface area contributed by atoms with Crippen molar-refractivity contribution in [2.24, 2.45) is 12.0 Å². The zero-order valence-electron chi connectivity index (χ0n) is 14.7. The minimum atomic E-state index is -1.22. The Morgan fingerprint density at radius 3 is 2.68 bits per heavy atom. The molecule has 0 spiro atoms. The molecule has 142 valence electrons. The number of thiophene rings is 1. The third-order valence-electron chi connectivity index (χ3n) is 4.62. The van der Waals surface area contributed by atoms with Crippen molar-refractivity contribution in [3.05, 3.63) is 69.7 Å². The molecule has 2 aromatic heterocycles. The molecule has 0 saturated carbocycles. The smallest absolute Gasteiger partial charge is 0.341 e. The average Bonchev–Trinajstić information content (AvgIpc) is 3.32. The number of carboxylic acids is 1. The Hall–Kier alpha value is -3.46. The van der Waals surface area contributed by atoms with Crippen molar-refractivity contribution in [1.29, 1.82) is 0 Å². The van der Waals surface area contributed by atoms with Crippen molar-refractivity contribution in [3.8, 4) is 5.75 Å². The van der Waals surface area contributed by atoms with Crippen LogP contribution in [-0.4, -0.2) is 37.7 Å². The molecule has 1 aliphatic rings. The third-order valence-corrected chi connectivity index (χ3v) is 5.32. The first-order valence-corrected chi connectivity index (χ1v) is 9.35. The van der Waals surface area contributed by atoms with Crippen molar-refractivity contribution >= 4 is 29.0 Å². The summed E-state index contributed by atoms with van der Waals surface area (Å²) in [4.78, 5) is 27.7. The molecular formula is C19H16N4O4S. The molecule has 2 amide bonds. The number of nitrogens with zero attached hydrogens (tertiary/aromatic N) is 3. The standard InChI is InChI=1S/C19H16N4O4S/c1-23-6-4-13(22-23)17-15(11-5-7-28-9-11)16(20-19(27)21-17)10-2-3-12(18(25)26)14(24)8-10/h2-9,15-16,24H,1H3,(H,20,27)(H,25,26). The number of phenols is 1. The van der Waals surface area contributed by atoms with Gasteiger partial charge in [0.2, 0.25) is 0 Å². The van der Waals surface area contributed by atoms with Gasteiger partial charge in [-0.2, -0.15) is 21.4 Å². The summed E-state index contributed by atoms with van der Waals surface area (Å²) in [6.45, 7) is 0. The van der Waals surface area contributed by atoms with Gasteiger partial charge in [-0.25, -0.2) is 9.59 Å². The van der Waals surface area contributed by atoms with E-state index in [9.17, 15) is 14.7 Å². The van der Waals surface area contributed by atoms with E-state index < -0.39 is 18.0 Å². The van der Waals surface area contributed by atoms with Gasteiger partial charge in [0.05, 0.1) is 17.7 Å². The molecule has 4 rings (SSSR count). The largest absolute Gasteiger partial charge is 0.507 e. The van der Waals surface area contributed by atoms with E-state index in [2.05, 4.69) is 15.4 Å². The average molecular weight is 396 g/mol. The number of aryl methyl sites for hydroxylation is 1. The normalized spacial score (nSPS) is 19.2. The molecule has 3 N–H and O–H groups in total. The summed E-state index contributed by atoms with van der Waals surface area (Å²) < 4.78 is 1.64. The minimum absolute atomic E-state index is 0.198. The van der Waals surface area contributed by atoms with Crippen molar-refractivity contribution in [2.45, 2.75) is 12.0 Å². The molecule has 2 atom stereocenters. The zero-order valence-corrected chi connectivity index (χ0v) is 15.6. The van der Waals surface area contributed by atoms with Crippen LogP contribution in [0.2, 0.25) is 0 Å². The highest BCUT2D eigenvalue weighted by Gasteiger charge is 2.37. The summed E-state index contributed by atoms with van der Waals surface area (Å²) in [6.07, 6.45) is 1.78. The van der Waals surface area contributed by atoms with Crippen LogP contribution in [-0.2, 0) is 7.05 Å². The van der Waals surface area contributed by atoms with Gasteiger partial charge in [0, 0.05) is 13.2 Å². The quantitative estimate of drug-likeness (QED) is 0.627. The maximum atomic E-state index is 12.3. The van der Waals surface area contributed by atoms with Gasteiger partial charge in [-0.3, -0.25) is 4.68 Å². The summed E-state index contributed by atoms with van der Waals surface area (Å²) in [5.41, 5.74) is 2.44. The fraction of sp³-hybridized carbons (Fsp3) is 0.158. The summed E-state index contributed by atoms with van der Waals surface area (Å²) >= 11 is 1.52. The molecule has 28 heavy (non-hydrogen) atoms. The van der Waals surface area contributed by atoms with Crippen molar-refractivity contribution < 1.29 is 19.8 Å². The Kier molecular flexibility index (Phi) is 4.44. The van der Waals surface area contributed by atoms with Crippen LogP contribution in [0.3, 0.4) is 0 Å². The Morgan fingerprint density at radius 2 is 2.07 bits per heavy atom. The highest BCUT2D eigenvalue weighted by Crippen LogP contribution is 2.38. The van der Waals surface area contributed by atoms with Crippen LogP contribution < -0.4 is 5.32 Å². The highest BCUT2D eigenvalue weighted by molar-refractivity contribution is 7.08. The number of benzene rings is 1. The van der Waals surface area contributed by atoms with Crippen LogP contribution in [0.25, 0.3) is 0 Å². The van der Waals surface area contributed by atoms with Gasteiger partial charge in [-0.1, -0.05) is 6.07 Å². The van der Waals surface area contributed by atoms with E-state index in [1.165, 1.54) is 23.5 Å². The zero-order chi connectivity index (χ0) is 19.8. The highest BCUT2D eigenvalue weighted by atomic mass is 32.1. The van der Waals surface area contributed by atoms with Crippen LogP contribution in [0.15, 0.2) is 52.3 Å². The maximum absolute atomic E-state index is 12.3. The molecule has 1 aliphatic heterocycles. The number of nitrogens with one attached hydrogen (secondary N) is 1. The molecule has 0 saturated heterocycles. The molecule has 3 aromatic rings. The number of aromatic nitrogens is 2. The van der Waals surface area contributed by atoms with Gasteiger partial charge >= 0.3 is 12.0 Å². The predicted octanol–water partition coefficient (Wildman–Crippen LogP) is 2.92. The molecular weight excluding hydrogens is 380 g/mol. The van der Waals surface area contributed by atoms with Crippen molar-refractivity contribution in [2.75, 3.05) is 0 Å². The molecule has 3 heterocycles. The number of carboxylic acid groups (broad SMARTS) is 1. The van der Waals surface area contributed by atoms with Crippen LogP contribution >= 0.6 is 11.3 Å². The van der Waals surface area contributed by atoms with Crippen molar-refractivity contribution in [3.63, 3.8) is 0 Å². The first kappa shape index (κ1) is 17.9. The second-order valence-corrected chi connectivity index (χ2v) is 7.19. The maximum Gasteiger partial charge on any atom is 0.341 e. The monoisotopic (exact) mass is 396 g/mol. The summed E-state index contributed by atoms with van der Waals surface area (Å²) in [6, 6.07) is 6.98. The molecule has 9 heteroatoms. The number of hydrogen-bond acceptors (Lipinski definition) is 5. The molecule has 1 aromatic carbocycles. The van der Waals surface area contributed by atoms with E-state index in [4.69, 9.17) is 5.11 Å². The topological polar surface area (TPSA) is 117 Å². The third kappa shape index (κ3) is 3.16. The Morgan fingerprint density at radius 1 is 1.25 bits per heavy atom. The molecule has 2 unspecified atom stereocenters. The van der Waals surface area contributed by atoms with Gasteiger partial charge in [-0.05, 0) is 46.2 Å². The minimum Gasteiger partial charge on any atom is -0.507 e. The number of aromatic carboxylic acids is 1. The lowest BCUT2D eigenvalue weighted by Crippen LogP contribution is -2.40. The lowest BCUT2D eigenvalue weighted by atomic mass is 9.82. The number of amides is 2. The fourth-order valence-corrected chi connectivity index (χ4v) is 4.05. The number of carbonyl (C=O) groups is 2. The van der Waals surface area contributed by atoms with E-state index in [0.29, 0.717) is 17.0 Å². The van der Waals surface area contributed by atoms with Crippen molar-refractivity contribution in [1.82, 2.24) is 15.1 Å². The van der Waals surface area contributed by atoms with Crippen LogP contribution in [0, 0.1) is 0 Å². The number of aliphatic imine (C=N–C) groups is 1. The number of rotatable bonds is 4. The lowest BCUT2D eigenvalue weighted by molar-refractivity contribution is 0.0693. The number of urea groups is 1. The number of aromatic hydroxyl groups is 1. The first-order valence-electron chi connectivity index (χ1n) is 8.41. The van der Waals surface area contributed by atoms with E-state index in [1.807, 2.05) is 16.8 Å². The van der Waals surface area contributed by atoms with Gasteiger partial charge in [-0.15, -0.1) is 0 Å². The van der Waals surface area contributed by atoms with E-state index in [0.717, 1.165) is 5.56 Å². The number of carbonyl (C=O) groups excluding carboxylic acids is 1.